The lowest BCUT2D eigenvalue weighted by Gasteiger charge is -2.21. The van der Waals surface area contributed by atoms with Gasteiger partial charge in [0.1, 0.15) is 17.4 Å². The average molecular weight is 488 g/mol. The smallest absolute Gasteiger partial charge is 0.387 e. The highest BCUT2D eigenvalue weighted by atomic mass is 35.5. The number of ether oxygens (including phenoxy) is 1. The molecule has 4 rings (SSSR count). The van der Waals surface area contributed by atoms with Crippen LogP contribution in [0.3, 0.4) is 0 Å². The van der Waals surface area contributed by atoms with Gasteiger partial charge in [0.2, 0.25) is 0 Å². The molecular formula is C24H24ClF2N5O2. The fraction of sp³-hybridized carbons (Fsp3) is 0.333. The second kappa shape index (κ2) is 11.3. The molecule has 10 heteroatoms. The third kappa shape index (κ3) is 6.45. The van der Waals surface area contributed by atoms with Crippen LogP contribution in [0.5, 0.6) is 5.75 Å². The van der Waals surface area contributed by atoms with Crippen molar-refractivity contribution in [3.63, 3.8) is 0 Å². The van der Waals surface area contributed by atoms with Crippen LogP contribution >= 0.6 is 11.6 Å². The summed E-state index contributed by atoms with van der Waals surface area (Å²) >= 11 is 6.38. The van der Waals surface area contributed by atoms with Crippen molar-refractivity contribution in [1.82, 2.24) is 20.3 Å². The molecule has 0 saturated carbocycles. The van der Waals surface area contributed by atoms with E-state index < -0.39 is 6.61 Å². The first-order valence-electron chi connectivity index (χ1n) is 11.0. The largest absolute Gasteiger partial charge is 0.435 e. The number of carbonyl (C=O) groups is 1. The molecule has 1 aromatic carbocycles. The first kappa shape index (κ1) is 24.0. The molecule has 2 N–H and O–H groups in total. The Balaban J connectivity index is 1.45. The number of rotatable bonds is 9. The molecule has 0 amide bonds. The van der Waals surface area contributed by atoms with Crippen LogP contribution in [0.1, 0.15) is 24.1 Å². The minimum absolute atomic E-state index is 0.00611. The van der Waals surface area contributed by atoms with E-state index in [9.17, 15) is 13.6 Å². The summed E-state index contributed by atoms with van der Waals surface area (Å²) in [5.74, 6) is 0.736. The van der Waals surface area contributed by atoms with Crippen LogP contribution in [0.4, 0.5) is 14.6 Å². The number of Topliss-reactive ketones (excluding diaryl/α,β-unsaturated/α-hetero) is 1. The van der Waals surface area contributed by atoms with Gasteiger partial charge in [0.15, 0.2) is 0 Å². The van der Waals surface area contributed by atoms with Gasteiger partial charge in [0.05, 0.1) is 23.1 Å². The van der Waals surface area contributed by atoms with E-state index in [-0.39, 0.29) is 23.9 Å². The highest BCUT2D eigenvalue weighted by Crippen LogP contribution is 2.27. The van der Waals surface area contributed by atoms with Gasteiger partial charge in [-0.3, -0.25) is 14.8 Å². The number of nitrogens with zero attached hydrogens (tertiary/aromatic N) is 3. The Bertz CT molecular complexity index is 1140. The highest BCUT2D eigenvalue weighted by molar-refractivity contribution is 6.33. The zero-order valence-corrected chi connectivity index (χ0v) is 19.1. The van der Waals surface area contributed by atoms with Gasteiger partial charge >= 0.3 is 6.61 Å². The van der Waals surface area contributed by atoms with Crippen molar-refractivity contribution < 1.29 is 18.3 Å². The van der Waals surface area contributed by atoms with Crippen LogP contribution in [0.25, 0.3) is 11.3 Å². The van der Waals surface area contributed by atoms with Crippen LogP contribution in [0.2, 0.25) is 5.02 Å². The summed E-state index contributed by atoms with van der Waals surface area (Å²) < 4.78 is 29.3. The third-order valence-electron chi connectivity index (χ3n) is 5.53. The molecule has 2 aromatic heterocycles. The number of alkyl halides is 2. The molecule has 1 aliphatic rings. The summed E-state index contributed by atoms with van der Waals surface area (Å²) in [5, 5.41) is 6.79. The number of carbonyl (C=O) groups excluding carboxylic acids is 1. The van der Waals surface area contributed by atoms with Crippen LogP contribution in [-0.2, 0) is 17.8 Å². The Morgan fingerprint density at radius 2 is 2.15 bits per heavy atom. The normalized spacial score (nSPS) is 15.8. The number of hydrogen-bond donors (Lipinski definition) is 2. The molecule has 7 nitrogen and oxygen atoms in total. The second-order valence-corrected chi connectivity index (χ2v) is 8.42. The van der Waals surface area contributed by atoms with E-state index in [2.05, 4.69) is 30.3 Å². The van der Waals surface area contributed by atoms with Gasteiger partial charge in [-0.25, -0.2) is 4.98 Å². The Kier molecular flexibility index (Phi) is 7.97. The first-order chi connectivity index (χ1) is 16.5. The molecule has 1 saturated heterocycles. The lowest BCUT2D eigenvalue weighted by atomic mass is 9.92. The van der Waals surface area contributed by atoms with Crippen molar-refractivity contribution in [3.8, 4) is 17.0 Å². The number of ketones is 1. The van der Waals surface area contributed by atoms with E-state index >= 15 is 0 Å². The number of nitrogens with one attached hydrogen (secondary N) is 2. The molecule has 0 bridgehead atoms. The summed E-state index contributed by atoms with van der Waals surface area (Å²) in [6.45, 7) is -0.895. The van der Waals surface area contributed by atoms with E-state index in [0.717, 1.165) is 24.9 Å². The fourth-order valence-corrected chi connectivity index (χ4v) is 4.03. The molecule has 3 aromatic rings. The van der Waals surface area contributed by atoms with Crippen molar-refractivity contribution in [2.24, 2.45) is 5.92 Å². The quantitative estimate of drug-likeness (QED) is 0.459. The Labute approximate surface area is 200 Å². The van der Waals surface area contributed by atoms with E-state index in [0.29, 0.717) is 40.9 Å². The van der Waals surface area contributed by atoms with Crippen LogP contribution in [-0.4, -0.2) is 40.4 Å². The molecule has 3 heterocycles. The molecule has 0 unspecified atom stereocenters. The van der Waals surface area contributed by atoms with Gasteiger partial charge in [-0.2, -0.15) is 8.78 Å². The zero-order chi connectivity index (χ0) is 23.9. The molecular weight excluding hydrogens is 464 g/mol. The molecule has 34 heavy (non-hydrogen) atoms. The van der Waals surface area contributed by atoms with Crippen LogP contribution in [0, 0.1) is 5.92 Å². The lowest BCUT2D eigenvalue weighted by Crippen LogP contribution is -2.35. The Morgan fingerprint density at radius 1 is 1.26 bits per heavy atom. The van der Waals surface area contributed by atoms with Crippen LogP contribution < -0.4 is 15.4 Å². The van der Waals surface area contributed by atoms with E-state index in [1.807, 2.05) is 0 Å². The maximum atomic E-state index is 12.7. The van der Waals surface area contributed by atoms with Crippen molar-refractivity contribution in [1.29, 1.82) is 0 Å². The first-order valence-corrected chi connectivity index (χ1v) is 11.3. The standard InChI is InChI=1S/C24H24ClF2N5O2/c25-20-12-30-17(9-22(33)16-4-2-6-28-11-16)8-19(20)21-13-29-14-23(32-21)31-10-15-3-1-5-18(7-15)34-24(26)27/h1,3,5,7-8,12-14,16,24,28H,2,4,6,9-11H2,(H,31,32)/t16-/m1/s1. The van der Waals surface area contributed by atoms with Crippen LogP contribution in [0.15, 0.2) is 48.9 Å². The van der Waals surface area contributed by atoms with Gasteiger partial charge in [0.25, 0.3) is 0 Å². The maximum Gasteiger partial charge on any atom is 0.387 e. The number of hydrogen-bond acceptors (Lipinski definition) is 7. The van der Waals surface area contributed by atoms with Gasteiger partial charge < -0.3 is 15.4 Å². The number of anilines is 1. The highest BCUT2D eigenvalue weighted by Gasteiger charge is 2.22. The molecule has 1 fully saturated rings. The van der Waals surface area contributed by atoms with E-state index in [4.69, 9.17) is 11.6 Å². The number of halogens is 3. The number of aromatic nitrogens is 3. The van der Waals surface area contributed by atoms with Gasteiger partial charge in [-0.05, 0) is 43.1 Å². The fourth-order valence-electron chi connectivity index (χ4n) is 3.83. The van der Waals surface area contributed by atoms with E-state index in [1.165, 1.54) is 18.3 Å². The zero-order valence-electron chi connectivity index (χ0n) is 18.3. The van der Waals surface area contributed by atoms with Crippen molar-refractivity contribution in [2.45, 2.75) is 32.4 Å². The summed E-state index contributed by atoms with van der Waals surface area (Å²) in [5.41, 5.74) is 2.53. The Hall–Kier alpha value is -3.17. The Morgan fingerprint density at radius 3 is 2.94 bits per heavy atom. The minimum atomic E-state index is -2.88. The van der Waals surface area contributed by atoms with Crippen molar-refractivity contribution >= 4 is 23.2 Å². The number of benzene rings is 1. The summed E-state index contributed by atoms with van der Waals surface area (Å²) in [7, 11) is 0. The molecule has 178 valence electrons. The molecule has 0 radical (unpaired) electrons. The van der Waals surface area contributed by atoms with Gasteiger partial charge in [-0.1, -0.05) is 23.7 Å². The molecule has 0 spiro atoms. The monoisotopic (exact) mass is 487 g/mol. The van der Waals surface area contributed by atoms with Crippen molar-refractivity contribution in [3.05, 3.63) is 65.2 Å². The van der Waals surface area contributed by atoms with Crippen molar-refractivity contribution in [2.75, 3.05) is 18.4 Å². The van der Waals surface area contributed by atoms with Gasteiger partial charge in [-0.15, -0.1) is 0 Å². The summed E-state index contributed by atoms with van der Waals surface area (Å²) in [4.78, 5) is 25.8. The molecule has 1 atom stereocenters. The number of piperidine rings is 1. The van der Waals surface area contributed by atoms with Gasteiger partial charge in [0, 0.05) is 42.9 Å². The predicted octanol–water partition coefficient (Wildman–Crippen LogP) is 4.52. The minimum Gasteiger partial charge on any atom is -0.435 e. The predicted molar refractivity (Wildman–Crippen MR) is 125 cm³/mol. The summed E-state index contributed by atoms with van der Waals surface area (Å²) in [6, 6.07) is 8.19. The lowest BCUT2D eigenvalue weighted by molar-refractivity contribution is -0.122. The molecule has 1 aliphatic heterocycles. The third-order valence-corrected chi connectivity index (χ3v) is 5.83. The average Bonchev–Trinajstić information content (AvgIpc) is 2.84. The SMILES string of the molecule is O=C(Cc1cc(-c2cncc(NCc3cccc(OC(F)F)c3)n2)c(Cl)cn1)[C@@H]1CCCNC1. The number of pyridine rings is 1. The molecule has 0 aliphatic carbocycles. The summed E-state index contributed by atoms with van der Waals surface area (Å²) in [6.07, 6.45) is 6.78. The topological polar surface area (TPSA) is 89.0 Å². The second-order valence-electron chi connectivity index (χ2n) is 8.01. The maximum absolute atomic E-state index is 12.7. The van der Waals surface area contributed by atoms with E-state index in [1.54, 1.807) is 30.6 Å².